The van der Waals surface area contributed by atoms with Gasteiger partial charge in [-0.1, -0.05) is 60.1 Å². The van der Waals surface area contributed by atoms with Crippen molar-refractivity contribution < 1.29 is 9.59 Å². The van der Waals surface area contributed by atoms with Crippen LogP contribution in [0.5, 0.6) is 0 Å². The largest absolute Gasteiger partial charge is 0.325 e. The van der Waals surface area contributed by atoms with Gasteiger partial charge in [-0.3, -0.25) is 9.59 Å². The van der Waals surface area contributed by atoms with Gasteiger partial charge in [0.05, 0.1) is 0 Å². The molecule has 170 valence electrons. The normalized spacial score (nSPS) is 11.5. The molecule has 0 aliphatic carbocycles. The molecule has 2 N–H and O–H groups in total. The van der Waals surface area contributed by atoms with Crippen LogP contribution in [0.3, 0.4) is 0 Å². The molecule has 0 aliphatic rings. The first-order valence-corrected chi connectivity index (χ1v) is 12.0. The third-order valence-corrected chi connectivity index (χ3v) is 6.58. The number of carbonyl (C=O) groups excluding carboxylic acids is 2. The van der Waals surface area contributed by atoms with Crippen molar-refractivity contribution in [2.45, 2.75) is 17.1 Å². The highest BCUT2D eigenvalue weighted by Crippen LogP contribution is 2.36. The Hall–Kier alpha value is -3.54. The van der Waals surface area contributed by atoms with Gasteiger partial charge in [-0.2, -0.15) is 0 Å². The summed E-state index contributed by atoms with van der Waals surface area (Å²) in [6.07, 6.45) is 0. The third kappa shape index (κ3) is 6.28. The van der Waals surface area contributed by atoms with E-state index in [-0.39, 0.29) is 11.8 Å². The molecule has 0 saturated heterocycles. The molecule has 0 fully saturated rings. The van der Waals surface area contributed by atoms with Crippen LogP contribution in [0, 0.1) is 6.92 Å². The maximum absolute atomic E-state index is 13.2. The minimum Gasteiger partial charge on any atom is -0.325 e. The lowest BCUT2D eigenvalue weighted by Crippen LogP contribution is -2.19. The molecule has 34 heavy (non-hydrogen) atoms. The number of rotatable bonds is 7. The summed E-state index contributed by atoms with van der Waals surface area (Å²) in [4.78, 5) is 26.6. The van der Waals surface area contributed by atoms with Crippen LogP contribution in [0.4, 0.5) is 11.4 Å². The van der Waals surface area contributed by atoms with Crippen molar-refractivity contribution in [2.75, 3.05) is 10.6 Å². The molecule has 0 aromatic heterocycles. The van der Waals surface area contributed by atoms with Crippen molar-refractivity contribution in [3.05, 3.63) is 125 Å². The standard InChI is InChI=1S/C28H23ClN2O2S/c1-19-7-5-12-24(17-19)31-28(33)26(20-8-3-2-4-9-20)34-25-15-13-23(14-16-25)30-27(32)21-10-6-11-22(29)18-21/h2-18,26H,1H3,(H,30,32)(H,31,33). The molecule has 1 unspecified atom stereocenters. The predicted octanol–water partition coefficient (Wildman–Crippen LogP) is 7.37. The van der Waals surface area contributed by atoms with Crippen LogP contribution in [-0.4, -0.2) is 11.8 Å². The van der Waals surface area contributed by atoms with Crippen molar-refractivity contribution in [2.24, 2.45) is 0 Å². The van der Waals surface area contributed by atoms with E-state index in [1.807, 2.05) is 85.8 Å². The van der Waals surface area contributed by atoms with E-state index in [4.69, 9.17) is 11.6 Å². The lowest BCUT2D eigenvalue weighted by molar-refractivity contribution is -0.115. The summed E-state index contributed by atoms with van der Waals surface area (Å²) in [5, 5.41) is 5.98. The summed E-state index contributed by atoms with van der Waals surface area (Å²) in [7, 11) is 0. The van der Waals surface area contributed by atoms with E-state index in [1.54, 1.807) is 24.3 Å². The molecule has 4 aromatic carbocycles. The molecule has 0 aliphatic heterocycles. The molecule has 0 saturated carbocycles. The first-order chi connectivity index (χ1) is 16.5. The number of aryl methyl sites for hydroxylation is 1. The third-order valence-electron chi connectivity index (χ3n) is 5.08. The Morgan fingerprint density at radius 2 is 1.50 bits per heavy atom. The van der Waals surface area contributed by atoms with Crippen LogP contribution >= 0.6 is 23.4 Å². The number of amides is 2. The van der Waals surface area contributed by atoms with Gasteiger partial charge in [-0.25, -0.2) is 0 Å². The Balaban J connectivity index is 1.49. The summed E-state index contributed by atoms with van der Waals surface area (Å²) in [5.41, 5.74) is 3.91. The SMILES string of the molecule is Cc1cccc(NC(=O)C(Sc2ccc(NC(=O)c3cccc(Cl)c3)cc2)c2ccccc2)c1. The highest BCUT2D eigenvalue weighted by atomic mass is 35.5. The second kappa shape index (κ2) is 11.1. The number of anilines is 2. The van der Waals surface area contributed by atoms with Crippen LogP contribution in [0.1, 0.15) is 26.7 Å². The minimum atomic E-state index is -0.436. The average Bonchev–Trinajstić information content (AvgIpc) is 2.84. The first-order valence-electron chi connectivity index (χ1n) is 10.7. The molecule has 0 heterocycles. The summed E-state index contributed by atoms with van der Waals surface area (Å²) in [6, 6.07) is 31.7. The van der Waals surface area contributed by atoms with Gasteiger partial charge in [0.1, 0.15) is 5.25 Å². The number of hydrogen-bond acceptors (Lipinski definition) is 3. The lowest BCUT2D eigenvalue weighted by Gasteiger charge is -2.17. The van der Waals surface area contributed by atoms with E-state index < -0.39 is 5.25 Å². The second-order valence-corrected chi connectivity index (χ2v) is 9.37. The summed E-state index contributed by atoms with van der Waals surface area (Å²) in [5.74, 6) is -0.331. The molecule has 4 rings (SSSR count). The number of benzene rings is 4. The fourth-order valence-corrected chi connectivity index (χ4v) is 4.63. The van der Waals surface area contributed by atoms with Crippen molar-refractivity contribution in [3.8, 4) is 0 Å². The van der Waals surface area contributed by atoms with Gasteiger partial charge in [0.25, 0.3) is 5.91 Å². The number of nitrogens with one attached hydrogen (secondary N) is 2. The monoisotopic (exact) mass is 486 g/mol. The van der Waals surface area contributed by atoms with Crippen molar-refractivity contribution in [3.63, 3.8) is 0 Å². The van der Waals surface area contributed by atoms with E-state index >= 15 is 0 Å². The van der Waals surface area contributed by atoms with Gasteiger partial charge in [0.2, 0.25) is 5.91 Å². The van der Waals surface area contributed by atoms with Gasteiger partial charge < -0.3 is 10.6 Å². The highest BCUT2D eigenvalue weighted by Gasteiger charge is 2.22. The summed E-state index contributed by atoms with van der Waals surface area (Å²) >= 11 is 7.44. The zero-order chi connectivity index (χ0) is 23.9. The average molecular weight is 487 g/mol. The topological polar surface area (TPSA) is 58.2 Å². The number of hydrogen-bond donors (Lipinski definition) is 2. The minimum absolute atomic E-state index is 0.0971. The quantitative estimate of drug-likeness (QED) is 0.268. The van der Waals surface area contributed by atoms with E-state index in [0.717, 1.165) is 21.7 Å². The Labute approximate surface area is 208 Å². The zero-order valence-electron chi connectivity index (χ0n) is 18.5. The highest BCUT2D eigenvalue weighted by molar-refractivity contribution is 8.00. The van der Waals surface area contributed by atoms with Crippen molar-refractivity contribution in [1.29, 1.82) is 0 Å². The van der Waals surface area contributed by atoms with Crippen LogP contribution < -0.4 is 10.6 Å². The Morgan fingerprint density at radius 3 is 2.21 bits per heavy atom. The van der Waals surface area contributed by atoms with Crippen LogP contribution in [-0.2, 0) is 4.79 Å². The lowest BCUT2D eigenvalue weighted by atomic mass is 10.1. The molecule has 4 aromatic rings. The first kappa shape index (κ1) is 23.6. The van der Waals surface area contributed by atoms with Crippen LogP contribution in [0.15, 0.2) is 108 Å². The molecule has 0 spiro atoms. The smallest absolute Gasteiger partial charge is 0.255 e. The van der Waals surface area contributed by atoms with Gasteiger partial charge in [0, 0.05) is 26.9 Å². The van der Waals surface area contributed by atoms with Crippen molar-refractivity contribution >= 4 is 46.6 Å². The fourth-order valence-electron chi connectivity index (χ4n) is 3.42. The van der Waals surface area contributed by atoms with E-state index in [2.05, 4.69) is 10.6 Å². The number of carbonyl (C=O) groups is 2. The Kier molecular flexibility index (Phi) is 7.68. The van der Waals surface area contributed by atoms with Crippen LogP contribution in [0.25, 0.3) is 0 Å². The molecule has 0 bridgehead atoms. The van der Waals surface area contributed by atoms with Gasteiger partial charge in [-0.15, -0.1) is 11.8 Å². The predicted molar refractivity (Wildman–Crippen MR) is 141 cm³/mol. The van der Waals surface area contributed by atoms with Crippen LogP contribution in [0.2, 0.25) is 5.02 Å². The molecule has 2 amide bonds. The Morgan fingerprint density at radius 1 is 0.765 bits per heavy atom. The molecule has 1 atom stereocenters. The molecule has 4 nitrogen and oxygen atoms in total. The number of thioether (sulfide) groups is 1. The van der Waals surface area contributed by atoms with Gasteiger partial charge in [-0.05, 0) is 72.6 Å². The summed E-state index contributed by atoms with van der Waals surface area (Å²) in [6.45, 7) is 1.99. The maximum atomic E-state index is 13.2. The molecular formula is C28H23ClN2O2S. The second-order valence-electron chi connectivity index (χ2n) is 7.76. The zero-order valence-corrected chi connectivity index (χ0v) is 20.1. The van der Waals surface area contributed by atoms with E-state index in [1.165, 1.54) is 11.8 Å². The molecule has 0 radical (unpaired) electrons. The fraction of sp³-hybridized carbons (Fsp3) is 0.0714. The molecule has 6 heteroatoms. The molecular weight excluding hydrogens is 464 g/mol. The van der Waals surface area contributed by atoms with Gasteiger partial charge >= 0.3 is 0 Å². The van der Waals surface area contributed by atoms with Gasteiger partial charge in [0.15, 0.2) is 0 Å². The van der Waals surface area contributed by atoms with E-state index in [0.29, 0.717) is 16.3 Å². The Bertz CT molecular complexity index is 1290. The number of halogens is 1. The summed E-state index contributed by atoms with van der Waals surface area (Å²) < 4.78 is 0. The maximum Gasteiger partial charge on any atom is 0.255 e. The van der Waals surface area contributed by atoms with E-state index in [9.17, 15) is 9.59 Å². The van der Waals surface area contributed by atoms with Crippen molar-refractivity contribution in [1.82, 2.24) is 0 Å².